The average molecular weight is 305 g/mol. The molecule has 1 heterocycles. The van der Waals surface area contributed by atoms with Crippen LogP contribution in [0.15, 0.2) is 54.6 Å². The van der Waals surface area contributed by atoms with Crippen molar-refractivity contribution < 1.29 is 0 Å². The lowest BCUT2D eigenvalue weighted by Crippen LogP contribution is -2.04. The number of nitrogens with two attached hydrogens (primary N) is 1. The minimum Gasteiger partial charge on any atom is -0.368 e. The third-order valence-electron chi connectivity index (χ3n) is 3.56. The molecule has 5 nitrogen and oxygen atoms in total. The Hall–Kier alpha value is -3.08. The van der Waals surface area contributed by atoms with Gasteiger partial charge in [0.1, 0.15) is 11.6 Å². The third-order valence-corrected chi connectivity index (χ3v) is 3.56. The van der Waals surface area contributed by atoms with E-state index < -0.39 is 0 Å². The molecule has 0 spiro atoms. The second-order valence-electron chi connectivity index (χ2n) is 5.38. The van der Waals surface area contributed by atoms with Crippen LogP contribution in [0.4, 0.5) is 29.0 Å². The first-order valence-electron chi connectivity index (χ1n) is 7.42. The first-order valence-corrected chi connectivity index (χ1v) is 7.42. The molecule has 0 radical (unpaired) electrons. The maximum absolute atomic E-state index is 5.84. The van der Waals surface area contributed by atoms with Gasteiger partial charge in [-0.25, -0.2) is 0 Å². The van der Waals surface area contributed by atoms with Crippen LogP contribution in [0, 0.1) is 13.8 Å². The Balaban J connectivity index is 1.88. The number of anilines is 5. The second kappa shape index (κ2) is 6.36. The Kier molecular flexibility index (Phi) is 4.10. The number of hydrogen-bond donors (Lipinski definition) is 3. The molecule has 0 saturated heterocycles. The molecule has 0 atom stereocenters. The Morgan fingerprint density at radius 2 is 1.17 bits per heavy atom. The number of aryl methyl sites for hydroxylation is 2. The number of rotatable bonds is 4. The van der Waals surface area contributed by atoms with Gasteiger partial charge in [-0.15, -0.1) is 0 Å². The summed E-state index contributed by atoms with van der Waals surface area (Å²) in [6, 6.07) is 17.9. The predicted molar refractivity (Wildman–Crippen MR) is 95.4 cm³/mol. The number of nitrogens with zero attached hydrogens (tertiary/aromatic N) is 2. The van der Waals surface area contributed by atoms with Crippen molar-refractivity contribution in [3.8, 4) is 0 Å². The molecular weight excluding hydrogens is 286 g/mol. The molecule has 0 aliphatic carbocycles. The number of benzene rings is 2. The van der Waals surface area contributed by atoms with Gasteiger partial charge in [0.05, 0.1) is 0 Å². The molecule has 0 aliphatic rings. The van der Waals surface area contributed by atoms with Gasteiger partial charge < -0.3 is 16.4 Å². The van der Waals surface area contributed by atoms with Gasteiger partial charge in [-0.05, 0) is 37.1 Å². The first kappa shape index (κ1) is 14.8. The van der Waals surface area contributed by atoms with Gasteiger partial charge in [-0.1, -0.05) is 36.4 Å². The summed E-state index contributed by atoms with van der Waals surface area (Å²) >= 11 is 0. The largest absolute Gasteiger partial charge is 0.368 e. The molecule has 23 heavy (non-hydrogen) atoms. The Morgan fingerprint density at radius 1 is 0.739 bits per heavy atom. The fourth-order valence-corrected chi connectivity index (χ4v) is 2.30. The van der Waals surface area contributed by atoms with Crippen molar-refractivity contribution >= 4 is 29.0 Å². The Bertz CT molecular complexity index is 763. The lowest BCUT2D eigenvalue weighted by Gasteiger charge is -2.12. The number of para-hydroxylation sites is 2. The predicted octanol–water partition coefficient (Wildman–Crippen LogP) is 4.16. The van der Waals surface area contributed by atoms with E-state index in [9.17, 15) is 0 Å². The Labute approximate surface area is 135 Å². The number of nitrogens with one attached hydrogen (secondary N) is 2. The van der Waals surface area contributed by atoms with Crippen molar-refractivity contribution in [2.75, 3.05) is 16.4 Å². The van der Waals surface area contributed by atoms with Gasteiger partial charge in [0.25, 0.3) is 0 Å². The summed E-state index contributed by atoms with van der Waals surface area (Å²) in [6.45, 7) is 4.08. The highest BCUT2D eigenvalue weighted by molar-refractivity contribution is 5.67. The zero-order valence-electron chi connectivity index (χ0n) is 13.2. The summed E-state index contributed by atoms with van der Waals surface area (Å²) < 4.78 is 0. The molecule has 4 N–H and O–H groups in total. The first-order chi connectivity index (χ1) is 11.1. The zero-order valence-corrected chi connectivity index (χ0v) is 13.2. The van der Waals surface area contributed by atoms with E-state index in [0.717, 1.165) is 22.5 Å². The quantitative estimate of drug-likeness (QED) is 0.674. The van der Waals surface area contributed by atoms with Crippen molar-refractivity contribution in [3.63, 3.8) is 0 Å². The van der Waals surface area contributed by atoms with E-state index in [4.69, 9.17) is 5.73 Å². The van der Waals surface area contributed by atoms with E-state index in [1.54, 1.807) is 0 Å². The molecule has 2 aromatic carbocycles. The smallest absolute Gasteiger partial charge is 0.223 e. The number of aromatic nitrogens is 2. The third kappa shape index (κ3) is 3.58. The van der Waals surface area contributed by atoms with Crippen molar-refractivity contribution in [1.82, 2.24) is 9.97 Å². The van der Waals surface area contributed by atoms with E-state index in [1.165, 1.54) is 0 Å². The lowest BCUT2D eigenvalue weighted by molar-refractivity contribution is 1.18. The molecule has 116 valence electrons. The summed E-state index contributed by atoms with van der Waals surface area (Å²) in [6.07, 6.45) is 0. The van der Waals surface area contributed by atoms with Crippen molar-refractivity contribution in [1.29, 1.82) is 0 Å². The minimum absolute atomic E-state index is 0.222. The van der Waals surface area contributed by atoms with Crippen LogP contribution in [0.25, 0.3) is 0 Å². The summed E-state index contributed by atoms with van der Waals surface area (Å²) in [7, 11) is 0. The fraction of sp³-hybridized carbons (Fsp3) is 0.111. The van der Waals surface area contributed by atoms with Crippen molar-refractivity contribution in [2.24, 2.45) is 0 Å². The van der Waals surface area contributed by atoms with Gasteiger partial charge in [0.15, 0.2) is 0 Å². The summed E-state index contributed by atoms with van der Waals surface area (Å²) in [4.78, 5) is 8.50. The van der Waals surface area contributed by atoms with Crippen LogP contribution >= 0.6 is 0 Å². The van der Waals surface area contributed by atoms with Crippen LogP contribution in [-0.4, -0.2) is 9.97 Å². The van der Waals surface area contributed by atoms with Crippen LogP contribution in [-0.2, 0) is 0 Å². The highest BCUT2D eigenvalue weighted by atomic mass is 15.1. The SMILES string of the molecule is Cc1ccccc1Nc1cc(Nc2ccccc2C)nc(N)n1. The molecule has 0 saturated carbocycles. The van der Waals surface area contributed by atoms with Crippen molar-refractivity contribution in [3.05, 3.63) is 65.7 Å². The van der Waals surface area contributed by atoms with Crippen LogP contribution in [0.3, 0.4) is 0 Å². The van der Waals surface area contributed by atoms with Gasteiger partial charge >= 0.3 is 0 Å². The molecule has 3 rings (SSSR count). The maximum Gasteiger partial charge on any atom is 0.223 e. The van der Waals surface area contributed by atoms with E-state index in [2.05, 4.69) is 20.6 Å². The molecule has 5 heteroatoms. The van der Waals surface area contributed by atoms with Gasteiger partial charge in [0, 0.05) is 17.4 Å². The lowest BCUT2D eigenvalue weighted by atomic mass is 10.2. The minimum atomic E-state index is 0.222. The Morgan fingerprint density at radius 3 is 1.61 bits per heavy atom. The second-order valence-corrected chi connectivity index (χ2v) is 5.38. The molecule has 0 fully saturated rings. The number of nitrogen functional groups attached to an aromatic ring is 1. The molecule has 0 unspecified atom stereocenters. The monoisotopic (exact) mass is 305 g/mol. The molecule has 0 bridgehead atoms. The van der Waals surface area contributed by atoms with E-state index in [-0.39, 0.29) is 5.95 Å². The van der Waals surface area contributed by atoms with E-state index >= 15 is 0 Å². The maximum atomic E-state index is 5.84. The molecular formula is C18H19N5. The molecule has 0 amide bonds. The fourth-order valence-electron chi connectivity index (χ4n) is 2.30. The van der Waals surface area contributed by atoms with Crippen LogP contribution < -0.4 is 16.4 Å². The standard InChI is InChI=1S/C18H19N5/c1-12-7-3-5-9-14(12)20-16-11-17(23-18(19)22-16)21-15-10-6-4-8-13(15)2/h3-11H,1-2H3,(H4,19,20,21,22,23). The summed E-state index contributed by atoms with van der Waals surface area (Å²) in [5.41, 5.74) is 10.1. The molecule has 3 aromatic rings. The highest BCUT2D eigenvalue weighted by Gasteiger charge is 2.06. The summed E-state index contributed by atoms with van der Waals surface area (Å²) in [5.74, 6) is 1.53. The van der Waals surface area contributed by atoms with E-state index in [1.807, 2.05) is 68.4 Å². The van der Waals surface area contributed by atoms with Crippen molar-refractivity contribution in [2.45, 2.75) is 13.8 Å². The average Bonchev–Trinajstić information content (AvgIpc) is 2.51. The van der Waals surface area contributed by atoms with Crippen LogP contribution in [0.1, 0.15) is 11.1 Å². The van der Waals surface area contributed by atoms with Crippen LogP contribution in [0.2, 0.25) is 0 Å². The number of hydrogen-bond acceptors (Lipinski definition) is 5. The highest BCUT2D eigenvalue weighted by Crippen LogP contribution is 2.24. The molecule has 1 aromatic heterocycles. The zero-order chi connectivity index (χ0) is 16.2. The van der Waals surface area contributed by atoms with Crippen LogP contribution in [0.5, 0.6) is 0 Å². The topological polar surface area (TPSA) is 75.9 Å². The van der Waals surface area contributed by atoms with Gasteiger partial charge in [0.2, 0.25) is 5.95 Å². The van der Waals surface area contributed by atoms with E-state index in [0.29, 0.717) is 11.6 Å². The van der Waals surface area contributed by atoms with Gasteiger partial charge in [-0.2, -0.15) is 9.97 Å². The molecule has 0 aliphatic heterocycles. The normalized spacial score (nSPS) is 10.3. The summed E-state index contributed by atoms with van der Waals surface area (Å²) in [5, 5.41) is 6.57. The van der Waals surface area contributed by atoms with Gasteiger partial charge in [-0.3, -0.25) is 0 Å².